The van der Waals surface area contributed by atoms with Gasteiger partial charge in [-0.2, -0.15) is 0 Å². The lowest BCUT2D eigenvalue weighted by Crippen LogP contribution is -2.26. The van der Waals surface area contributed by atoms with E-state index in [1.807, 2.05) is 66.3 Å². The van der Waals surface area contributed by atoms with Crippen molar-refractivity contribution in [1.29, 1.82) is 0 Å². The summed E-state index contributed by atoms with van der Waals surface area (Å²) < 4.78 is 2.09. The van der Waals surface area contributed by atoms with E-state index in [0.717, 1.165) is 40.4 Å². The molecule has 0 fully saturated rings. The van der Waals surface area contributed by atoms with Crippen molar-refractivity contribution in [2.75, 3.05) is 6.54 Å². The van der Waals surface area contributed by atoms with Gasteiger partial charge in [-0.15, -0.1) is 11.3 Å². The standard InChI is InChI=1S/C21H20N4OS/c26-20(13-17-15-27-21(24-17)16-7-2-1-3-8-16)22-11-6-10-19-23-14-18-9-4-5-12-25(18)19/h1-5,7-9,12,14-15H,6,10-11,13H2,(H,22,26). The second-order valence-electron chi connectivity index (χ2n) is 6.31. The van der Waals surface area contributed by atoms with Crippen LogP contribution in [0, 0.1) is 0 Å². The van der Waals surface area contributed by atoms with Crippen LogP contribution in [0.2, 0.25) is 0 Å². The maximum Gasteiger partial charge on any atom is 0.226 e. The summed E-state index contributed by atoms with van der Waals surface area (Å²) >= 11 is 1.57. The summed E-state index contributed by atoms with van der Waals surface area (Å²) in [5.41, 5.74) is 2.99. The van der Waals surface area contributed by atoms with Gasteiger partial charge in [0.15, 0.2) is 0 Å². The number of nitrogens with zero attached hydrogens (tertiary/aromatic N) is 3. The molecule has 0 bridgehead atoms. The molecule has 0 spiro atoms. The van der Waals surface area contributed by atoms with E-state index in [2.05, 4.69) is 19.7 Å². The number of carbonyl (C=O) groups is 1. The third kappa shape index (κ3) is 4.23. The molecular formula is C21H20N4OS. The number of rotatable bonds is 7. The molecule has 0 unspecified atom stereocenters. The zero-order chi connectivity index (χ0) is 18.5. The topological polar surface area (TPSA) is 59.3 Å². The minimum Gasteiger partial charge on any atom is -0.356 e. The van der Waals surface area contributed by atoms with E-state index in [0.29, 0.717) is 13.0 Å². The third-order valence-corrected chi connectivity index (χ3v) is 5.27. The van der Waals surface area contributed by atoms with Crippen LogP contribution in [-0.4, -0.2) is 26.8 Å². The van der Waals surface area contributed by atoms with Gasteiger partial charge in [-0.1, -0.05) is 36.4 Å². The van der Waals surface area contributed by atoms with Gasteiger partial charge >= 0.3 is 0 Å². The number of pyridine rings is 1. The van der Waals surface area contributed by atoms with Gasteiger partial charge in [-0.05, 0) is 18.6 Å². The lowest BCUT2D eigenvalue weighted by molar-refractivity contribution is -0.120. The number of nitrogens with one attached hydrogen (secondary N) is 1. The number of fused-ring (bicyclic) bond motifs is 1. The number of amides is 1. The summed E-state index contributed by atoms with van der Waals surface area (Å²) in [6.45, 7) is 0.635. The highest BCUT2D eigenvalue weighted by molar-refractivity contribution is 7.13. The van der Waals surface area contributed by atoms with Crippen molar-refractivity contribution in [2.45, 2.75) is 19.3 Å². The molecule has 1 N–H and O–H groups in total. The van der Waals surface area contributed by atoms with Crippen LogP contribution >= 0.6 is 11.3 Å². The summed E-state index contributed by atoms with van der Waals surface area (Å²) in [4.78, 5) is 21.2. The van der Waals surface area contributed by atoms with Gasteiger partial charge in [-0.3, -0.25) is 4.79 Å². The van der Waals surface area contributed by atoms with E-state index in [-0.39, 0.29) is 5.91 Å². The Hall–Kier alpha value is -2.99. The van der Waals surface area contributed by atoms with Crippen molar-refractivity contribution in [2.24, 2.45) is 0 Å². The monoisotopic (exact) mass is 376 g/mol. The number of carbonyl (C=O) groups excluding carboxylic acids is 1. The Balaban J connectivity index is 1.25. The zero-order valence-corrected chi connectivity index (χ0v) is 15.7. The summed E-state index contributed by atoms with van der Waals surface area (Å²) in [7, 11) is 0. The Labute approximate surface area is 161 Å². The second-order valence-corrected chi connectivity index (χ2v) is 7.17. The average Bonchev–Trinajstić information content (AvgIpc) is 3.33. The fourth-order valence-corrected chi connectivity index (χ4v) is 3.81. The molecule has 0 radical (unpaired) electrons. The Bertz CT molecular complexity index is 1040. The largest absolute Gasteiger partial charge is 0.356 e. The van der Waals surface area contributed by atoms with Gasteiger partial charge in [0.2, 0.25) is 5.91 Å². The molecule has 0 saturated carbocycles. The molecule has 0 aliphatic heterocycles. The van der Waals surface area contributed by atoms with Crippen molar-refractivity contribution >= 4 is 22.8 Å². The number of hydrogen-bond acceptors (Lipinski definition) is 4. The van der Waals surface area contributed by atoms with Crippen LogP contribution in [0.25, 0.3) is 16.1 Å². The molecule has 5 nitrogen and oxygen atoms in total. The molecule has 6 heteroatoms. The number of imidazole rings is 1. The maximum atomic E-state index is 12.2. The van der Waals surface area contributed by atoms with Crippen LogP contribution in [-0.2, 0) is 17.6 Å². The van der Waals surface area contributed by atoms with Crippen LogP contribution in [0.15, 0.2) is 66.3 Å². The fourth-order valence-electron chi connectivity index (χ4n) is 2.99. The van der Waals surface area contributed by atoms with Gasteiger partial charge in [0, 0.05) is 30.1 Å². The van der Waals surface area contributed by atoms with Crippen LogP contribution in [0.1, 0.15) is 17.9 Å². The maximum absolute atomic E-state index is 12.2. The fraction of sp³-hybridized carbons (Fsp3) is 0.190. The summed E-state index contributed by atoms with van der Waals surface area (Å²) in [5.74, 6) is 1.03. The predicted molar refractivity (Wildman–Crippen MR) is 108 cm³/mol. The van der Waals surface area contributed by atoms with E-state index < -0.39 is 0 Å². The smallest absolute Gasteiger partial charge is 0.226 e. The number of aromatic nitrogens is 3. The molecule has 3 aromatic heterocycles. The molecule has 3 heterocycles. The molecule has 1 aromatic carbocycles. The molecule has 0 saturated heterocycles. The first-order valence-corrected chi connectivity index (χ1v) is 9.85. The summed E-state index contributed by atoms with van der Waals surface area (Å²) in [6.07, 6.45) is 5.89. The first-order chi connectivity index (χ1) is 13.3. The van der Waals surface area contributed by atoms with Crippen LogP contribution in [0.5, 0.6) is 0 Å². The number of aryl methyl sites for hydroxylation is 1. The zero-order valence-electron chi connectivity index (χ0n) is 14.8. The quantitative estimate of drug-likeness (QED) is 0.500. The van der Waals surface area contributed by atoms with Crippen LogP contribution in [0.4, 0.5) is 0 Å². The highest BCUT2D eigenvalue weighted by atomic mass is 32.1. The van der Waals surface area contributed by atoms with Crippen LogP contribution in [0.3, 0.4) is 0 Å². The lowest BCUT2D eigenvalue weighted by atomic mass is 10.2. The van der Waals surface area contributed by atoms with Gasteiger partial charge in [0.05, 0.1) is 23.8 Å². The van der Waals surface area contributed by atoms with Gasteiger partial charge in [-0.25, -0.2) is 9.97 Å². The Morgan fingerprint density at radius 1 is 1.11 bits per heavy atom. The third-order valence-electron chi connectivity index (χ3n) is 4.33. The highest BCUT2D eigenvalue weighted by Gasteiger charge is 2.09. The minimum atomic E-state index is 0.00730. The first-order valence-electron chi connectivity index (χ1n) is 8.97. The molecule has 4 aromatic rings. The van der Waals surface area contributed by atoms with Gasteiger partial charge in [0.25, 0.3) is 0 Å². The molecule has 0 aliphatic rings. The van der Waals surface area contributed by atoms with Gasteiger partial charge in [0.1, 0.15) is 10.8 Å². The number of hydrogen-bond donors (Lipinski definition) is 1. The molecule has 1 amide bonds. The average molecular weight is 376 g/mol. The SMILES string of the molecule is O=C(Cc1csc(-c2ccccc2)n1)NCCCc1ncc2ccccn12. The number of thiazole rings is 1. The minimum absolute atomic E-state index is 0.00730. The lowest BCUT2D eigenvalue weighted by Gasteiger charge is -2.04. The van der Waals surface area contributed by atoms with Crippen molar-refractivity contribution in [1.82, 2.24) is 19.7 Å². The number of benzene rings is 1. The second kappa shape index (κ2) is 8.14. The molecule has 0 atom stereocenters. The molecule has 0 aliphatic carbocycles. The van der Waals surface area contributed by atoms with Crippen LogP contribution < -0.4 is 5.32 Å². The van der Waals surface area contributed by atoms with E-state index in [1.54, 1.807) is 11.3 Å². The Morgan fingerprint density at radius 2 is 1.96 bits per heavy atom. The molecule has 27 heavy (non-hydrogen) atoms. The Morgan fingerprint density at radius 3 is 2.85 bits per heavy atom. The first kappa shape index (κ1) is 17.4. The molecule has 4 rings (SSSR count). The van der Waals surface area contributed by atoms with E-state index in [9.17, 15) is 4.79 Å². The van der Waals surface area contributed by atoms with Gasteiger partial charge < -0.3 is 9.72 Å². The predicted octanol–water partition coefficient (Wildman–Crippen LogP) is 3.75. The van der Waals surface area contributed by atoms with E-state index in [4.69, 9.17) is 0 Å². The molecule has 136 valence electrons. The van der Waals surface area contributed by atoms with Crippen molar-refractivity contribution in [3.8, 4) is 10.6 Å². The normalized spacial score (nSPS) is 11.0. The van der Waals surface area contributed by atoms with E-state index in [1.165, 1.54) is 0 Å². The highest BCUT2D eigenvalue weighted by Crippen LogP contribution is 2.23. The molecular weight excluding hydrogens is 356 g/mol. The van der Waals surface area contributed by atoms with Crippen molar-refractivity contribution < 1.29 is 4.79 Å². The Kier molecular flexibility index (Phi) is 5.25. The van der Waals surface area contributed by atoms with E-state index >= 15 is 0 Å². The summed E-state index contributed by atoms with van der Waals surface area (Å²) in [6, 6.07) is 16.1. The van der Waals surface area contributed by atoms with Crippen molar-refractivity contribution in [3.05, 3.63) is 77.8 Å². The van der Waals surface area contributed by atoms with Crippen molar-refractivity contribution in [3.63, 3.8) is 0 Å². The summed E-state index contributed by atoms with van der Waals surface area (Å²) in [5, 5.41) is 5.88.